The lowest BCUT2D eigenvalue weighted by Crippen LogP contribution is -2.27. The number of sulfonamides is 1. The van der Waals surface area contributed by atoms with Crippen LogP contribution in [0.2, 0.25) is 0 Å². The first kappa shape index (κ1) is 14.7. The Balaban J connectivity index is 1.77. The van der Waals surface area contributed by atoms with E-state index >= 15 is 0 Å². The lowest BCUT2D eigenvalue weighted by atomic mass is 10.4. The first-order chi connectivity index (χ1) is 10.6. The summed E-state index contributed by atoms with van der Waals surface area (Å²) in [5.41, 5.74) is 0.184. The monoisotopic (exact) mass is 320 g/mol. The Morgan fingerprint density at radius 3 is 2.73 bits per heavy atom. The van der Waals surface area contributed by atoms with Crippen molar-refractivity contribution in [1.82, 2.24) is 14.3 Å². The van der Waals surface area contributed by atoms with Crippen LogP contribution in [0, 0.1) is 0 Å². The highest BCUT2D eigenvalue weighted by molar-refractivity contribution is 7.89. The number of carbonyl (C=O) groups is 1. The number of hydrogen-bond acceptors (Lipinski definition) is 4. The van der Waals surface area contributed by atoms with E-state index in [0.29, 0.717) is 18.9 Å². The average molecular weight is 320 g/mol. The van der Waals surface area contributed by atoms with Crippen molar-refractivity contribution in [2.24, 2.45) is 0 Å². The molecule has 2 aromatic rings. The minimum atomic E-state index is -3.52. The summed E-state index contributed by atoms with van der Waals surface area (Å²) in [6.45, 7) is 1.06. The van der Waals surface area contributed by atoms with Crippen molar-refractivity contribution < 1.29 is 13.2 Å². The Labute approximate surface area is 128 Å². The predicted octanol–water partition coefficient (Wildman–Crippen LogP) is 1.45. The first-order valence-corrected chi connectivity index (χ1v) is 8.42. The number of aromatic nitrogens is 2. The smallest absolute Gasteiger partial charge is 0.273 e. The van der Waals surface area contributed by atoms with Crippen LogP contribution >= 0.6 is 0 Å². The number of nitrogens with zero attached hydrogens (tertiary/aromatic N) is 2. The first-order valence-electron chi connectivity index (χ1n) is 6.98. The molecule has 22 heavy (non-hydrogen) atoms. The van der Waals surface area contributed by atoms with Gasteiger partial charge in [0, 0.05) is 25.5 Å². The molecule has 116 valence electrons. The van der Waals surface area contributed by atoms with Crippen molar-refractivity contribution in [2.45, 2.75) is 17.7 Å². The molecule has 8 heteroatoms. The highest BCUT2D eigenvalue weighted by Crippen LogP contribution is 2.21. The van der Waals surface area contributed by atoms with E-state index in [-0.39, 0.29) is 10.6 Å². The van der Waals surface area contributed by atoms with Crippen LogP contribution < -0.4 is 5.32 Å². The SMILES string of the molecule is O=C(Nc1ccccn1)c1cc(S(=O)(=O)N2CCCC2)c[nH]1. The van der Waals surface area contributed by atoms with Crippen molar-refractivity contribution >= 4 is 21.7 Å². The van der Waals surface area contributed by atoms with Gasteiger partial charge in [0.25, 0.3) is 5.91 Å². The summed E-state index contributed by atoms with van der Waals surface area (Å²) in [7, 11) is -3.52. The molecule has 2 N–H and O–H groups in total. The summed E-state index contributed by atoms with van der Waals surface area (Å²) >= 11 is 0. The van der Waals surface area contributed by atoms with Gasteiger partial charge in [-0.1, -0.05) is 6.07 Å². The maximum Gasteiger partial charge on any atom is 0.273 e. The molecular weight excluding hydrogens is 304 g/mol. The molecule has 0 radical (unpaired) electrons. The molecule has 0 bridgehead atoms. The van der Waals surface area contributed by atoms with Crippen LogP contribution in [-0.2, 0) is 10.0 Å². The Morgan fingerprint density at radius 1 is 1.27 bits per heavy atom. The number of carbonyl (C=O) groups excluding carboxylic acids is 1. The van der Waals surface area contributed by atoms with Crippen molar-refractivity contribution in [3.63, 3.8) is 0 Å². The highest BCUT2D eigenvalue weighted by Gasteiger charge is 2.28. The molecule has 0 spiro atoms. The maximum atomic E-state index is 12.4. The van der Waals surface area contributed by atoms with Crippen molar-refractivity contribution in [3.05, 3.63) is 42.4 Å². The number of H-pyrrole nitrogens is 1. The normalized spacial score (nSPS) is 15.8. The Kier molecular flexibility index (Phi) is 3.95. The minimum absolute atomic E-state index is 0.112. The summed E-state index contributed by atoms with van der Waals surface area (Å²) in [4.78, 5) is 18.9. The zero-order chi connectivity index (χ0) is 15.6. The number of anilines is 1. The van der Waals surface area contributed by atoms with E-state index in [2.05, 4.69) is 15.3 Å². The van der Waals surface area contributed by atoms with Gasteiger partial charge in [-0.25, -0.2) is 13.4 Å². The van der Waals surface area contributed by atoms with Gasteiger partial charge in [-0.3, -0.25) is 4.79 Å². The van der Waals surface area contributed by atoms with Gasteiger partial charge in [0.1, 0.15) is 16.4 Å². The molecule has 0 aromatic carbocycles. The summed E-state index contributed by atoms with van der Waals surface area (Å²) in [5, 5.41) is 2.60. The molecule has 2 aromatic heterocycles. The molecule has 1 aliphatic rings. The van der Waals surface area contributed by atoms with Gasteiger partial charge in [-0.05, 0) is 31.0 Å². The topological polar surface area (TPSA) is 95.2 Å². The van der Waals surface area contributed by atoms with Crippen LogP contribution in [0.25, 0.3) is 0 Å². The molecule has 1 saturated heterocycles. The van der Waals surface area contributed by atoms with Gasteiger partial charge in [-0.2, -0.15) is 4.31 Å². The Morgan fingerprint density at radius 2 is 2.05 bits per heavy atom. The van der Waals surface area contributed by atoms with Crippen molar-refractivity contribution in [2.75, 3.05) is 18.4 Å². The molecule has 1 fully saturated rings. The van der Waals surface area contributed by atoms with E-state index < -0.39 is 15.9 Å². The fourth-order valence-corrected chi connectivity index (χ4v) is 3.86. The van der Waals surface area contributed by atoms with Gasteiger partial charge in [0.2, 0.25) is 10.0 Å². The third-order valence-corrected chi connectivity index (χ3v) is 5.39. The molecule has 3 rings (SSSR count). The number of rotatable bonds is 4. The molecule has 0 aliphatic carbocycles. The third-order valence-electron chi connectivity index (χ3n) is 3.51. The molecule has 1 amide bonds. The van der Waals surface area contributed by atoms with Crippen LogP contribution in [0.1, 0.15) is 23.3 Å². The van der Waals surface area contributed by atoms with Crippen LogP contribution in [0.15, 0.2) is 41.6 Å². The zero-order valence-corrected chi connectivity index (χ0v) is 12.6. The van der Waals surface area contributed by atoms with Gasteiger partial charge < -0.3 is 10.3 Å². The average Bonchev–Trinajstić information content (AvgIpc) is 3.20. The molecule has 0 unspecified atom stereocenters. The predicted molar refractivity (Wildman–Crippen MR) is 81.0 cm³/mol. The van der Waals surface area contributed by atoms with E-state index in [1.165, 1.54) is 16.6 Å². The Hall–Kier alpha value is -2.19. The van der Waals surface area contributed by atoms with E-state index in [9.17, 15) is 13.2 Å². The molecule has 0 atom stereocenters. The maximum absolute atomic E-state index is 12.4. The molecule has 7 nitrogen and oxygen atoms in total. The van der Waals surface area contributed by atoms with E-state index in [1.807, 2.05) is 0 Å². The number of aromatic amines is 1. The lowest BCUT2D eigenvalue weighted by molar-refractivity contribution is 0.102. The second-order valence-corrected chi connectivity index (χ2v) is 6.97. The summed E-state index contributed by atoms with van der Waals surface area (Å²) in [6.07, 6.45) is 4.65. The van der Waals surface area contributed by atoms with E-state index in [1.54, 1.807) is 24.4 Å². The highest BCUT2D eigenvalue weighted by atomic mass is 32.2. The van der Waals surface area contributed by atoms with Crippen LogP contribution in [-0.4, -0.2) is 41.7 Å². The van der Waals surface area contributed by atoms with Gasteiger partial charge in [-0.15, -0.1) is 0 Å². The minimum Gasteiger partial charge on any atom is -0.356 e. The molecular formula is C14H16N4O3S. The summed E-state index contributed by atoms with van der Waals surface area (Å²) in [5.74, 6) is -0.0207. The molecule has 3 heterocycles. The Bertz CT molecular complexity index is 764. The molecule has 0 saturated carbocycles. The van der Waals surface area contributed by atoms with Crippen LogP contribution in [0.5, 0.6) is 0 Å². The number of pyridine rings is 1. The van der Waals surface area contributed by atoms with Gasteiger partial charge in [0.05, 0.1) is 0 Å². The fraction of sp³-hybridized carbons (Fsp3) is 0.286. The van der Waals surface area contributed by atoms with Crippen molar-refractivity contribution in [3.8, 4) is 0 Å². The van der Waals surface area contributed by atoms with E-state index in [4.69, 9.17) is 0 Å². The van der Waals surface area contributed by atoms with E-state index in [0.717, 1.165) is 12.8 Å². The van der Waals surface area contributed by atoms with Gasteiger partial charge >= 0.3 is 0 Å². The quantitative estimate of drug-likeness (QED) is 0.891. The second-order valence-electron chi connectivity index (χ2n) is 5.03. The second kappa shape index (κ2) is 5.90. The van der Waals surface area contributed by atoms with Crippen molar-refractivity contribution in [1.29, 1.82) is 0 Å². The number of nitrogens with one attached hydrogen (secondary N) is 2. The largest absolute Gasteiger partial charge is 0.356 e. The summed E-state index contributed by atoms with van der Waals surface area (Å²) in [6, 6.07) is 6.50. The molecule has 1 aliphatic heterocycles. The fourth-order valence-electron chi connectivity index (χ4n) is 2.35. The number of amides is 1. The summed E-state index contributed by atoms with van der Waals surface area (Å²) < 4.78 is 26.2. The lowest BCUT2D eigenvalue weighted by Gasteiger charge is -2.13. The van der Waals surface area contributed by atoms with Gasteiger partial charge in [0.15, 0.2) is 0 Å². The number of hydrogen-bond donors (Lipinski definition) is 2. The zero-order valence-electron chi connectivity index (χ0n) is 11.8. The standard InChI is InChI=1S/C14H16N4O3S/c19-14(17-13-5-1-2-6-15-13)12-9-11(10-16-12)22(20,21)18-7-3-4-8-18/h1-2,5-6,9-10,16H,3-4,7-8H2,(H,15,17,19). The van der Waals surface area contributed by atoms with Crippen LogP contribution in [0.4, 0.5) is 5.82 Å². The third kappa shape index (κ3) is 2.88. The van der Waals surface area contributed by atoms with Crippen LogP contribution in [0.3, 0.4) is 0 Å².